The number of carbonyl (C=O) groups is 1. The second-order valence-corrected chi connectivity index (χ2v) is 10.6. The van der Waals surface area contributed by atoms with Crippen molar-refractivity contribution in [3.8, 4) is 0 Å². The van der Waals surface area contributed by atoms with Gasteiger partial charge in [0.1, 0.15) is 17.9 Å². The topological polar surface area (TPSA) is 71.8 Å². The van der Waals surface area contributed by atoms with Crippen molar-refractivity contribution in [1.82, 2.24) is 19.7 Å². The predicted octanol–water partition coefficient (Wildman–Crippen LogP) is 6.16. The van der Waals surface area contributed by atoms with E-state index < -0.39 is 0 Å². The number of piperidine rings is 1. The number of halogens is 2. The van der Waals surface area contributed by atoms with Crippen LogP contribution in [0.5, 0.6) is 0 Å². The van der Waals surface area contributed by atoms with Crippen LogP contribution in [0.1, 0.15) is 36.7 Å². The van der Waals surface area contributed by atoms with Gasteiger partial charge in [-0.25, -0.2) is 14.8 Å². The van der Waals surface area contributed by atoms with E-state index in [1.54, 1.807) is 6.07 Å². The zero-order chi connectivity index (χ0) is 25.8. The predicted molar refractivity (Wildman–Crippen MR) is 146 cm³/mol. The number of amides is 1. The average Bonchev–Trinajstić information content (AvgIpc) is 3.33. The first-order chi connectivity index (χ1) is 17.9. The molecule has 1 N–H and O–H groups in total. The highest BCUT2D eigenvalue weighted by Crippen LogP contribution is 2.34. The number of rotatable bonds is 7. The van der Waals surface area contributed by atoms with Crippen molar-refractivity contribution in [1.29, 1.82) is 0 Å². The summed E-state index contributed by atoms with van der Waals surface area (Å²) in [4.78, 5) is 23.9. The molecule has 192 valence electrons. The third kappa shape index (κ3) is 5.84. The van der Waals surface area contributed by atoms with E-state index in [2.05, 4.69) is 31.5 Å². The summed E-state index contributed by atoms with van der Waals surface area (Å²) in [7, 11) is 0. The van der Waals surface area contributed by atoms with Crippen LogP contribution in [0.3, 0.4) is 0 Å². The Morgan fingerprint density at radius 1 is 1.08 bits per heavy atom. The number of fused-ring (bicyclic) bond motifs is 1. The lowest BCUT2D eigenvalue weighted by molar-refractivity contribution is 0.131. The number of anilines is 1. The molecule has 37 heavy (non-hydrogen) atoms. The second kappa shape index (κ2) is 11.0. The lowest BCUT2D eigenvalue weighted by Crippen LogP contribution is -2.45. The van der Waals surface area contributed by atoms with Gasteiger partial charge in [0.2, 0.25) is 0 Å². The van der Waals surface area contributed by atoms with Crippen LogP contribution in [0.4, 0.5) is 10.6 Å². The number of hydrogen-bond acceptors (Lipinski definition) is 5. The van der Waals surface area contributed by atoms with Crippen LogP contribution in [0.2, 0.25) is 10.0 Å². The molecule has 0 aliphatic carbocycles. The van der Waals surface area contributed by atoms with E-state index in [4.69, 9.17) is 27.9 Å². The van der Waals surface area contributed by atoms with Gasteiger partial charge in [0.05, 0.1) is 16.2 Å². The van der Waals surface area contributed by atoms with Gasteiger partial charge in [-0.3, -0.25) is 4.40 Å². The monoisotopic (exact) mass is 537 g/mol. The summed E-state index contributed by atoms with van der Waals surface area (Å²) < 4.78 is 7.43. The molecular weight excluding hydrogens is 509 g/mol. The summed E-state index contributed by atoms with van der Waals surface area (Å²) in [5.74, 6) is 1.79. The normalized spacial score (nSPS) is 15.1. The maximum atomic E-state index is 12.2. The first-order valence-electron chi connectivity index (χ1n) is 12.4. The molecule has 1 aliphatic heterocycles. The molecule has 1 saturated heterocycles. The number of ether oxygens (including phenoxy) is 1. The maximum absolute atomic E-state index is 12.2. The van der Waals surface area contributed by atoms with Crippen molar-refractivity contribution < 1.29 is 9.53 Å². The van der Waals surface area contributed by atoms with Crippen LogP contribution in [0.25, 0.3) is 5.52 Å². The second-order valence-electron chi connectivity index (χ2n) is 9.78. The van der Waals surface area contributed by atoms with E-state index >= 15 is 0 Å². The summed E-state index contributed by atoms with van der Waals surface area (Å²) in [5, 5.41) is 4.05. The first-order valence-corrected chi connectivity index (χ1v) is 13.1. The molecule has 0 atom stereocenters. The van der Waals surface area contributed by atoms with Gasteiger partial charge in [0.15, 0.2) is 5.82 Å². The van der Waals surface area contributed by atoms with E-state index in [1.807, 2.05) is 61.1 Å². The van der Waals surface area contributed by atoms with Crippen molar-refractivity contribution in [2.75, 3.05) is 24.5 Å². The first kappa shape index (κ1) is 25.4. The number of hydrogen-bond donors (Lipinski definition) is 1. The van der Waals surface area contributed by atoms with Crippen molar-refractivity contribution in [2.45, 2.75) is 32.8 Å². The molecule has 0 saturated carbocycles. The Hall–Kier alpha value is -3.29. The number of aromatic nitrogens is 3. The van der Waals surface area contributed by atoms with E-state index in [1.165, 1.54) is 0 Å². The zero-order valence-electron chi connectivity index (χ0n) is 20.7. The van der Waals surface area contributed by atoms with Crippen molar-refractivity contribution in [3.63, 3.8) is 0 Å². The van der Waals surface area contributed by atoms with Crippen LogP contribution in [-0.4, -0.2) is 40.1 Å². The fourth-order valence-corrected chi connectivity index (χ4v) is 5.08. The zero-order valence-corrected chi connectivity index (χ0v) is 22.2. The van der Waals surface area contributed by atoms with E-state index in [-0.39, 0.29) is 18.1 Å². The standard InChI is InChI=1S/C28H29Cl2N5O2/c1-28(19-33-27(36)37-18-20-6-3-2-4-7-20)10-13-34(14-11-28)26-23-17-32-24(35(23)15-12-31-26)16-21-8-5-9-22(29)25(21)30/h2-9,12,15,17H,10-11,13-14,16,18-19H2,1H3,(H,33,36). The van der Waals surface area contributed by atoms with Gasteiger partial charge in [-0.1, -0.05) is 72.6 Å². The Morgan fingerprint density at radius 2 is 1.86 bits per heavy atom. The fourth-order valence-electron chi connectivity index (χ4n) is 4.69. The maximum Gasteiger partial charge on any atom is 0.407 e. The summed E-state index contributed by atoms with van der Waals surface area (Å²) in [5.41, 5.74) is 2.85. The average molecular weight is 538 g/mol. The van der Waals surface area contributed by atoms with Gasteiger partial charge in [0, 0.05) is 38.4 Å². The molecule has 0 spiro atoms. The molecule has 2 aromatic carbocycles. The Labute approximate surface area is 226 Å². The molecule has 9 heteroatoms. The van der Waals surface area contributed by atoms with Crippen molar-refractivity contribution in [3.05, 3.63) is 94.1 Å². The highest BCUT2D eigenvalue weighted by atomic mass is 35.5. The Morgan fingerprint density at radius 3 is 2.65 bits per heavy atom. The minimum absolute atomic E-state index is 0.0118. The fraction of sp³-hybridized carbons (Fsp3) is 0.321. The largest absolute Gasteiger partial charge is 0.445 e. The molecule has 1 fully saturated rings. The van der Waals surface area contributed by atoms with Crippen molar-refractivity contribution >= 4 is 40.6 Å². The Kier molecular flexibility index (Phi) is 7.53. The van der Waals surface area contributed by atoms with Crippen LogP contribution in [0.15, 0.2) is 67.1 Å². The van der Waals surface area contributed by atoms with E-state index in [0.29, 0.717) is 23.0 Å². The molecule has 1 aliphatic rings. The Bertz CT molecular complexity index is 1380. The van der Waals surface area contributed by atoms with Gasteiger partial charge >= 0.3 is 6.09 Å². The quantitative estimate of drug-likeness (QED) is 0.305. The minimum atomic E-state index is -0.384. The van der Waals surface area contributed by atoms with Gasteiger partial charge < -0.3 is 15.0 Å². The SMILES string of the molecule is CC1(CNC(=O)OCc2ccccc2)CCN(c2nccn3c(Cc4cccc(Cl)c4Cl)ncc23)CC1. The number of carbonyl (C=O) groups excluding carboxylic acids is 1. The van der Waals surface area contributed by atoms with Crippen LogP contribution in [-0.2, 0) is 17.8 Å². The summed E-state index contributed by atoms with van der Waals surface area (Å²) in [6.07, 6.45) is 7.64. The number of nitrogens with one attached hydrogen (secondary N) is 1. The number of nitrogens with zero attached hydrogens (tertiary/aromatic N) is 4. The van der Waals surface area contributed by atoms with E-state index in [9.17, 15) is 4.79 Å². The van der Waals surface area contributed by atoms with Gasteiger partial charge in [-0.05, 0) is 35.4 Å². The highest BCUT2D eigenvalue weighted by molar-refractivity contribution is 6.42. The van der Waals surface area contributed by atoms with Gasteiger partial charge in [-0.2, -0.15) is 0 Å². The minimum Gasteiger partial charge on any atom is -0.445 e. The molecule has 7 nitrogen and oxygen atoms in total. The lowest BCUT2D eigenvalue weighted by Gasteiger charge is -2.40. The molecule has 2 aromatic heterocycles. The highest BCUT2D eigenvalue weighted by Gasteiger charge is 2.32. The summed E-state index contributed by atoms with van der Waals surface area (Å²) in [6.45, 7) is 4.73. The molecule has 3 heterocycles. The van der Waals surface area contributed by atoms with Gasteiger partial charge in [-0.15, -0.1) is 0 Å². The number of benzene rings is 2. The molecule has 4 aromatic rings. The molecule has 1 amide bonds. The molecular formula is C28H29Cl2N5O2. The third-order valence-corrected chi connectivity index (χ3v) is 7.90. The third-order valence-electron chi connectivity index (χ3n) is 7.04. The molecule has 5 rings (SSSR count). The van der Waals surface area contributed by atoms with Crippen molar-refractivity contribution in [2.24, 2.45) is 5.41 Å². The Balaban J connectivity index is 1.19. The molecule has 0 unspecified atom stereocenters. The van der Waals surface area contributed by atoms with Crippen LogP contribution in [0, 0.1) is 5.41 Å². The molecule has 0 bridgehead atoms. The summed E-state index contributed by atoms with van der Waals surface area (Å²) in [6, 6.07) is 15.3. The van der Waals surface area contributed by atoms with Crippen LogP contribution >= 0.6 is 23.2 Å². The smallest absolute Gasteiger partial charge is 0.407 e. The van der Waals surface area contributed by atoms with Gasteiger partial charge in [0.25, 0.3) is 0 Å². The number of alkyl carbamates (subject to hydrolysis) is 1. The number of imidazole rings is 1. The summed E-state index contributed by atoms with van der Waals surface area (Å²) >= 11 is 12.6. The molecule has 0 radical (unpaired) electrons. The van der Waals surface area contributed by atoms with E-state index in [0.717, 1.165) is 54.2 Å². The van der Waals surface area contributed by atoms with Crippen LogP contribution < -0.4 is 10.2 Å². The lowest BCUT2D eigenvalue weighted by atomic mass is 9.80.